The average Bonchev–Trinajstić information content (AvgIpc) is 2.40. The summed E-state index contributed by atoms with van der Waals surface area (Å²) in [6, 6.07) is 10.4. The molecule has 0 amide bonds. The maximum absolute atomic E-state index is 10.4. The van der Waals surface area contributed by atoms with Crippen LogP contribution in [-0.4, -0.2) is 11.2 Å². The molecule has 0 bridgehead atoms. The molecule has 1 heteroatoms. The van der Waals surface area contributed by atoms with Crippen molar-refractivity contribution in [3.8, 4) is 0 Å². The third-order valence-corrected chi connectivity index (χ3v) is 4.59. The summed E-state index contributed by atoms with van der Waals surface area (Å²) >= 11 is 0. The largest absolute Gasteiger partial charge is 0.392 e. The van der Waals surface area contributed by atoms with Crippen LogP contribution in [0.4, 0.5) is 0 Å². The van der Waals surface area contributed by atoms with Gasteiger partial charge >= 0.3 is 0 Å². The first-order chi connectivity index (χ1) is 8.66. The topological polar surface area (TPSA) is 20.2 Å². The SMILES string of the molecule is CC(C)C1CCC(C(O)Cc2ccccc2)CC1. The Hall–Kier alpha value is -0.820. The first-order valence-electron chi connectivity index (χ1n) is 7.39. The molecule has 0 radical (unpaired) electrons. The Kier molecular flexibility index (Phi) is 4.82. The predicted octanol–water partition coefficient (Wildman–Crippen LogP) is 4.05. The van der Waals surface area contributed by atoms with E-state index in [1.165, 1.54) is 31.2 Å². The van der Waals surface area contributed by atoms with Gasteiger partial charge in [-0.1, -0.05) is 44.2 Å². The van der Waals surface area contributed by atoms with Crippen molar-refractivity contribution in [3.63, 3.8) is 0 Å². The number of rotatable bonds is 4. The Morgan fingerprint density at radius 3 is 2.11 bits per heavy atom. The molecule has 1 aliphatic rings. The molecule has 1 unspecified atom stereocenters. The highest BCUT2D eigenvalue weighted by molar-refractivity contribution is 5.15. The van der Waals surface area contributed by atoms with E-state index in [0.29, 0.717) is 5.92 Å². The molecule has 2 rings (SSSR count). The molecule has 1 nitrogen and oxygen atoms in total. The smallest absolute Gasteiger partial charge is 0.0608 e. The number of aliphatic hydroxyl groups is 1. The van der Waals surface area contributed by atoms with E-state index in [2.05, 4.69) is 38.1 Å². The highest BCUT2D eigenvalue weighted by Gasteiger charge is 2.27. The summed E-state index contributed by atoms with van der Waals surface area (Å²) in [6.45, 7) is 4.65. The minimum atomic E-state index is -0.152. The van der Waals surface area contributed by atoms with Gasteiger partial charge in [-0.05, 0) is 55.4 Å². The molecule has 18 heavy (non-hydrogen) atoms. The maximum atomic E-state index is 10.4. The van der Waals surface area contributed by atoms with E-state index >= 15 is 0 Å². The molecular formula is C17H26O. The minimum Gasteiger partial charge on any atom is -0.392 e. The van der Waals surface area contributed by atoms with Crippen LogP contribution >= 0.6 is 0 Å². The molecule has 0 spiro atoms. The van der Waals surface area contributed by atoms with Gasteiger partial charge in [-0.15, -0.1) is 0 Å². The van der Waals surface area contributed by atoms with Crippen LogP contribution in [0.5, 0.6) is 0 Å². The molecule has 1 aromatic rings. The maximum Gasteiger partial charge on any atom is 0.0608 e. The Labute approximate surface area is 111 Å². The zero-order valence-electron chi connectivity index (χ0n) is 11.7. The number of hydrogen-bond acceptors (Lipinski definition) is 1. The van der Waals surface area contributed by atoms with Gasteiger partial charge in [-0.2, -0.15) is 0 Å². The number of aliphatic hydroxyl groups excluding tert-OH is 1. The van der Waals surface area contributed by atoms with Crippen LogP contribution in [0.3, 0.4) is 0 Å². The molecule has 1 saturated carbocycles. The van der Waals surface area contributed by atoms with E-state index in [4.69, 9.17) is 0 Å². The van der Waals surface area contributed by atoms with Gasteiger partial charge in [0.05, 0.1) is 6.10 Å². The standard InChI is InChI=1S/C17H26O/c1-13(2)15-8-10-16(11-9-15)17(18)12-14-6-4-3-5-7-14/h3-7,13,15-18H,8-12H2,1-2H3. The lowest BCUT2D eigenvalue weighted by Gasteiger charge is -2.33. The highest BCUT2D eigenvalue weighted by atomic mass is 16.3. The number of benzene rings is 1. The van der Waals surface area contributed by atoms with Gasteiger partial charge in [0.15, 0.2) is 0 Å². The van der Waals surface area contributed by atoms with Crippen molar-refractivity contribution < 1.29 is 5.11 Å². The van der Waals surface area contributed by atoms with Gasteiger partial charge in [-0.25, -0.2) is 0 Å². The van der Waals surface area contributed by atoms with Gasteiger partial charge in [0.25, 0.3) is 0 Å². The molecule has 1 fully saturated rings. The first-order valence-corrected chi connectivity index (χ1v) is 7.39. The Morgan fingerprint density at radius 1 is 1.00 bits per heavy atom. The van der Waals surface area contributed by atoms with E-state index in [9.17, 15) is 5.11 Å². The fraction of sp³-hybridized carbons (Fsp3) is 0.647. The van der Waals surface area contributed by atoms with Crippen LogP contribution in [0.2, 0.25) is 0 Å². The Balaban J connectivity index is 1.82. The third kappa shape index (κ3) is 3.58. The van der Waals surface area contributed by atoms with Gasteiger partial charge in [0.1, 0.15) is 0 Å². The normalized spacial score (nSPS) is 26.2. The fourth-order valence-corrected chi connectivity index (χ4v) is 3.22. The van der Waals surface area contributed by atoms with Crippen LogP contribution in [0.25, 0.3) is 0 Å². The molecule has 0 saturated heterocycles. The zero-order valence-corrected chi connectivity index (χ0v) is 11.7. The Morgan fingerprint density at radius 2 is 1.56 bits per heavy atom. The van der Waals surface area contributed by atoms with E-state index in [1.54, 1.807) is 0 Å². The van der Waals surface area contributed by atoms with Crippen molar-refractivity contribution in [1.29, 1.82) is 0 Å². The summed E-state index contributed by atoms with van der Waals surface area (Å²) in [4.78, 5) is 0. The summed E-state index contributed by atoms with van der Waals surface area (Å²) in [5, 5.41) is 10.4. The fourth-order valence-electron chi connectivity index (χ4n) is 3.22. The second-order valence-electron chi connectivity index (χ2n) is 6.18. The monoisotopic (exact) mass is 246 g/mol. The lowest BCUT2D eigenvalue weighted by Crippen LogP contribution is -2.28. The van der Waals surface area contributed by atoms with Crippen LogP contribution in [0, 0.1) is 17.8 Å². The molecule has 1 atom stereocenters. The molecule has 1 N–H and O–H groups in total. The van der Waals surface area contributed by atoms with Crippen molar-refractivity contribution in [2.75, 3.05) is 0 Å². The van der Waals surface area contributed by atoms with Crippen molar-refractivity contribution >= 4 is 0 Å². The Bertz CT molecular complexity index is 336. The molecule has 0 aromatic heterocycles. The second kappa shape index (κ2) is 6.38. The van der Waals surface area contributed by atoms with Crippen LogP contribution in [0.1, 0.15) is 45.1 Å². The van der Waals surface area contributed by atoms with E-state index in [1.807, 2.05) is 6.07 Å². The summed E-state index contributed by atoms with van der Waals surface area (Å²) in [5.74, 6) is 2.20. The third-order valence-electron chi connectivity index (χ3n) is 4.59. The zero-order chi connectivity index (χ0) is 13.0. The van der Waals surface area contributed by atoms with E-state index < -0.39 is 0 Å². The van der Waals surface area contributed by atoms with Gasteiger partial charge < -0.3 is 5.11 Å². The van der Waals surface area contributed by atoms with E-state index in [-0.39, 0.29) is 6.10 Å². The molecule has 1 aromatic carbocycles. The van der Waals surface area contributed by atoms with E-state index in [0.717, 1.165) is 18.3 Å². The second-order valence-corrected chi connectivity index (χ2v) is 6.18. The molecular weight excluding hydrogens is 220 g/mol. The van der Waals surface area contributed by atoms with Crippen molar-refractivity contribution in [2.45, 2.75) is 52.1 Å². The predicted molar refractivity (Wildman–Crippen MR) is 76.4 cm³/mol. The average molecular weight is 246 g/mol. The molecule has 1 aliphatic carbocycles. The molecule has 0 heterocycles. The molecule has 0 aliphatic heterocycles. The summed E-state index contributed by atoms with van der Waals surface area (Å²) < 4.78 is 0. The quantitative estimate of drug-likeness (QED) is 0.849. The van der Waals surface area contributed by atoms with Gasteiger partial charge in [0, 0.05) is 0 Å². The van der Waals surface area contributed by atoms with Crippen LogP contribution in [-0.2, 0) is 6.42 Å². The van der Waals surface area contributed by atoms with Gasteiger partial charge in [0.2, 0.25) is 0 Å². The molecule has 100 valence electrons. The lowest BCUT2D eigenvalue weighted by molar-refractivity contribution is 0.0675. The van der Waals surface area contributed by atoms with Crippen molar-refractivity contribution in [1.82, 2.24) is 0 Å². The first kappa shape index (κ1) is 13.6. The summed E-state index contributed by atoms with van der Waals surface area (Å²) in [5.41, 5.74) is 1.26. The lowest BCUT2D eigenvalue weighted by atomic mass is 9.74. The van der Waals surface area contributed by atoms with Crippen LogP contribution < -0.4 is 0 Å². The summed E-state index contributed by atoms with van der Waals surface area (Å²) in [6.07, 6.45) is 5.67. The summed E-state index contributed by atoms with van der Waals surface area (Å²) in [7, 11) is 0. The highest BCUT2D eigenvalue weighted by Crippen LogP contribution is 2.35. The van der Waals surface area contributed by atoms with Gasteiger partial charge in [-0.3, -0.25) is 0 Å². The van der Waals surface area contributed by atoms with Crippen LogP contribution in [0.15, 0.2) is 30.3 Å². The van der Waals surface area contributed by atoms with Crippen molar-refractivity contribution in [2.24, 2.45) is 17.8 Å². The van der Waals surface area contributed by atoms with Crippen molar-refractivity contribution in [3.05, 3.63) is 35.9 Å². The number of hydrogen-bond donors (Lipinski definition) is 1. The minimum absolute atomic E-state index is 0.152.